The smallest absolute Gasteiger partial charge is 0.321 e. The van der Waals surface area contributed by atoms with E-state index in [0.29, 0.717) is 12.6 Å². The van der Waals surface area contributed by atoms with E-state index in [9.17, 15) is 4.79 Å². The van der Waals surface area contributed by atoms with Crippen LogP contribution in [0.4, 0.5) is 10.5 Å². The third-order valence-electron chi connectivity index (χ3n) is 4.23. The normalized spacial score (nSPS) is 17.1. The Morgan fingerprint density at radius 1 is 1.18 bits per heavy atom. The zero-order valence-electron chi connectivity index (χ0n) is 13.8. The van der Waals surface area contributed by atoms with Crippen LogP contribution in [0.2, 0.25) is 0 Å². The quantitative estimate of drug-likeness (QED) is 0.909. The van der Waals surface area contributed by atoms with Gasteiger partial charge < -0.3 is 15.0 Å². The van der Waals surface area contributed by atoms with Crippen LogP contribution in [-0.4, -0.2) is 54.7 Å². The van der Waals surface area contributed by atoms with Crippen LogP contribution in [0, 0.1) is 0 Å². The van der Waals surface area contributed by atoms with E-state index >= 15 is 0 Å². The van der Waals surface area contributed by atoms with E-state index in [0.717, 1.165) is 44.0 Å². The molecule has 1 atom stereocenters. The number of carbonyl (C=O) groups is 1. The van der Waals surface area contributed by atoms with Crippen molar-refractivity contribution in [2.24, 2.45) is 0 Å². The summed E-state index contributed by atoms with van der Waals surface area (Å²) in [4.78, 5) is 16.6. The van der Waals surface area contributed by atoms with Crippen molar-refractivity contribution in [2.75, 3.05) is 38.1 Å². The van der Waals surface area contributed by atoms with Gasteiger partial charge in [-0.1, -0.05) is 6.92 Å². The second-order valence-electron chi connectivity index (χ2n) is 5.67. The number of amides is 2. The minimum absolute atomic E-state index is 0.0204. The Morgan fingerprint density at radius 2 is 1.82 bits per heavy atom. The average molecular weight is 305 g/mol. The molecule has 1 heterocycles. The van der Waals surface area contributed by atoms with Gasteiger partial charge in [-0.05, 0) is 44.5 Å². The number of nitrogens with one attached hydrogen (secondary N) is 1. The van der Waals surface area contributed by atoms with Crippen molar-refractivity contribution in [3.05, 3.63) is 24.3 Å². The molecule has 22 heavy (non-hydrogen) atoms. The predicted molar refractivity (Wildman–Crippen MR) is 89.5 cm³/mol. The van der Waals surface area contributed by atoms with E-state index in [4.69, 9.17) is 4.74 Å². The first-order valence-electron chi connectivity index (χ1n) is 8.16. The molecule has 2 amide bonds. The maximum atomic E-state index is 12.3. The van der Waals surface area contributed by atoms with Crippen LogP contribution in [0.25, 0.3) is 0 Å². The zero-order valence-corrected chi connectivity index (χ0v) is 13.8. The lowest BCUT2D eigenvalue weighted by molar-refractivity contribution is 0.117. The summed E-state index contributed by atoms with van der Waals surface area (Å²) in [5.41, 5.74) is 0.804. The van der Waals surface area contributed by atoms with E-state index < -0.39 is 0 Å². The number of nitrogens with zero attached hydrogens (tertiary/aromatic N) is 2. The maximum Gasteiger partial charge on any atom is 0.321 e. The van der Waals surface area contributed by atoms with Gasteiger partial charge in [-0.25, -0.2) is 4.79 Å². The summed E-state index contributed by atoms with van der Waals surface area (Å²) in [7, 11) is 0. The fraction of sp³-hybridized carbons (Fsp3) is 0.588. The summed E-state index contributed by atoms with van der Waals surface area (Å²) in [5.74, 6) is 0.822. The summed E-state index contributed by atoms with van der Waals surface area (Å²) in [5, 5.41) is 2.95. The molecule has 1 aliphatic heterocycles. The molecule has 1 saturated heterocycles. The predicted octanol–water partition coefficient (Wildman–Crippen LogP) is 3.03. The van der Waals surface area contributed by atoms with E-state index in [1.54, 1.807) is 0 Å². The van der Waals surface area contributed by atoms with Gasteiger partial charge in [0.15, 0.2) is 0 Å². The molecular weight excluding hydrogens is 278 g/mol. The molecule has 5 heteroatoms. The molecule has 0 bridgehead atoms. The number of anilines is 1. The highest BCUT2D eigenvalue weighted by Gasteiger charge is 2.23. The van der Waals surface area contributed by atoms with Crippen LogP contribution >= 0.6 is 0 Å². The van der Waals surface area contributed by atoms with Crippen molar-refractivity contribution in [3.8, 4) is 5.75 Å². The molecule has 5 nitrogen and oxygen atoms in total. The Labute approximate surface area is 133 Å². The average Bonchev–Trinajstić information content (AvgIpc) is 2.56. The SMILES string of the molecule is CCOc1ccc(NC(=O)N2CCN(C(C)CC)CC2)cc1. The first-order chi connectivity index (χ1) is 10.6. The molecule has 1 aromatic rings. The summed E-state index contributed by atoms with van der Waals surface area (Å²) < 4.78 is 5.40. The summed E-state index contributed by atoms with van der Waals surface area (Å²) in [6, 6.07) is 8.07. The first-order valence-corrected chi connectivity index (χ1v) is 8.16. The zero-order chi connectivity index (χ0) is 15.9. The number of hydrogen-bond acceptors (Lipinski definition) is 3. The lowest BCUT2D eigenvalue weighted by Crippen LogP contribution is -2.52. The third kappa shape index (κ3) is 4.37. The summed E-state index contributed by atoms with van der Waals surface area (Å²) in [6.07, 6.45) is 1.15. The highest BCUT2D eigenvalue weighted by atomic mass is 16.5. The topological polar surface area (TPSA) is 44.8 Å². The minimum atomic E-state index is -0.0204. The van der Waals surface area contributed by atoms with Gasteiger partial charge in [0.05, 0.1) is 6.61 Å². The molecule has 1 fully saturated rings. The van der Waals surface area contributed by atoms with Crippen molar-refractivity contribution in [3.63, 3.8) is 0 Å². The molecule has 0 saturated carbocycles. The van der Waals surface area contributed by atoms with Crippen molar-refractivity contribution < 1.29 is 9.53 Å². The largest absolute Gasteiger partial charge is 0.494 e. The fourth-order valence-corrected chi connectivity index (χ4v) is 2.63. The summed E-state index contributed by atoms with van der Waals surface area (Å²) in [6.45, 7) is 10.5. The van der Waals surface area contributed by atoms with E-state index in [2.05, 4.69) is 24.1 Å². The Morgan fingerprint density at radius 3 is 2.36 bits per heavy atom. The molecule has 0 aliphatic carbocycles. The van der Waals surface area contributed by atoms with Crippen LogP contribution in [0.1, 0.15) is 27.2 Å². The van der Waals surface area contributed by atoms with E-state index in [1.807, 2.05) is 36.1 Å². The van der Waals surface area contributed by atoms with Crippen LogP contribution in [0.15, 0.2) is 24.3 Å². The molecule has 0 aromatic heterocycles. The first kappa shape index (κ1) is 16.6. The number of rotatable bonds is 5. The molecule has 1 aliphatic rings. The number of benzene rings is 1. The molecule has 0 spiro atoms. The van der Waals surface area contributed by atoms with Gasteiger partial charge >= 0.3 is 6.03 Å². The van der Waals surface area contributed by atoms with Crippen molar-refractivity contribution >= 4 is 11.7 Å². The van der Waals surface area contributed by atoms with Gasteiger partial charge in [0, 0.05) is 37.9 Å². The van der Waals surface area contributed by atoms with Gasteiger partial charge in [-0.15, -0.1) is 0 Å². The van der Waals surface area contributed by atoms with Gasteiger partial charge in [-0.3, -0.25) is 4.90 Å². The molecular formula is C17H27N3O2. The second kappa shape index (κ2) is 8.03. The van der Waals surface area contributed by atoms with Crippen molar-refractivity contribution in [1.29, 1.82) is 0 Å². The van der Waals surface area contributed by atoms with Crippen LogP contribution < -0.4 is 10.1 Å². The number of carbonyl (C=O) groups excluding carboxylic acids is 1. The highest BCUT2D eigenvalue weighted by molar-refractivity contribution is 5.89. The standard InChI is InChI=1S/C17H27N3O2/c1-4-14(3)19-10-12-20(13-11-19)17(21)18-15-6-8-16(9-7-15)22-5-2/h6-9,14H,4-5,10-13H2,1-3H3,(H,18,21). The lowest BCUT2D eigenvalue weighted by atomic mass is 10.2. The molecule has 1 unspecified atom stereocenters. The molecule has 122 valence electrons. The lowest BCUT2D eigenvalue weighted by Gasteiger charge is -2.37. The fourth-order valence-electron chi connectivity index (χ4n) is 2.63. The minimum Gasteiger partial charge on any atom is -0.494 e. The highest BCUT2D eigenvalue weighted by Crippen LogP contribution is 2.16. The van der Waals surface area contributed by atoms with Gasteiger partial charge in [-0.2, -0.15) is 0 Å². The van der Waals surface area contributed by atoms with Crippen molar-refractivity contribution in [2.45, 2.75) is 33.2 Å². The van der Waals surface area contributed by atoms with Crippen LogP contribution in [-0.2, 0) is 0 Å². The van der Waals surface area contributed by atoms with Crippen LogP contribution in [0.3, 0.4) is 0 Å². The van der Waals surface area contributed by atoms with Gasteiger partial charge in [0.2, 0.25) is 0 Å². The number of hydrogen-bond donors (Lipinski definition) is 1. The van der Waals surface area contributed by atoms with E-state index in [1.165, 1.54) is 0 Å². The number of piperazine rings is 1. The Kier molecular flexibility index (Phi) is 6.07. The maximum absolute atomic E-state index is 12.3. The Hall–Kier alpha value is -1.75. The monoisotopic (exact) mass is 305 g/mol. The van der Waals surface area contributed by atoms with Crippen molar-refractivity contribution in [1.82, 2.24) is 9.80 Å². The Bertz CT molecular complexity index is 467. The molecule has 0 radical (unpaired) electrons. The van der Waals surface area contributed by atoms with Gasteiger partial charge in [0.1, 0.15) is 5.75 Å². The Balaban J connectivity index is 1.83. The molecule has 2 rings (SSSR count). The number of ether oxygens (including phenoxy) is 1. The third-order valence-corrected chi connectivity index (χ3v) is 4.23. The van der Waals surface area contributed by atoms with E-state index in [-0.39, 0.29) is 6.03 Å². The molecule has 1 N–H and O–H groups in total. The van der Waals surface area contributed by atoms with Crippen LogP contribution in [0.5, 0.6) is 5.75 Å². The molecule has 1 aromatic carbocycles. The van der Waals surface area contributed by atoms with Gasteiger partial charge in [0.25, 0.3) is 0 Å². The second-order valence-corrected chi connectivity index (χ2v) is 5.67. The number of urea groups is 1. The summed E-state index contributed by atoms with van der Waals surface area (Å²) >= 11 is 0.